The van der Waals surface area contributed by atoms with E-state index in [2.05, 4.69) is 10.2 Å². The van der Waals surface area contributed by atoms with E-state index in [1.807, 2.05) is 13.8 Å². The minimum absolute atomic E-state index is 0.228. The molecule has 116 valence electrons. The molecular formula is C14H27N3O3. The van der Waals surface area contributed by atoms with E-state index in [-0.39, 0.29) is 11.9 Å². The first-order valence-electron chi connectivity index (χ1n) is 7.37. The highest BCUT2D eigenvalue weighted by Gasteiger charge is 2.23. The number of carbonyl (C=O) groups is 2. The van der Waals surface area contributed by atoms with Gasteiger partial charge in [-0.1, -0.05) is 13.8 Å². The quantitative estimate of drug-likeness (QED) is 0.738. The Hall–Kier alpha value is -1.30. The molecule has 0 spiro atoms. The number of carboxylic acid groups (broad SMARTS) is 1. The molecular weight excluding hydrogens is 258 g/mol. The lowest BCUT2D eigenvalue weighted by molar-refractivity contribution is -0.139. The molecule has 0 aliphatic carbocycles. The summed E-state index contributed by atoms with van der Waals surface area (Å²) in [6.07, 6.45) is 2.90. The molecule has 1 atom stereocenters. The average molecular weight is 285 g/mol. The van der Waals surface area contributed by atoms with Crippen LogP contribution in [0.5, 0.6) is 0 Å². The summed E-state index contributed by atoms with van der Waals surface area (Å²) in [5, 5.41) is 11.7. The molecule has 0 bridgehead atoms. The summed E-state index contributed by atoms with van der Waals surface area (Å²) in [7, 11) is 1.71. The van der Waals surface area contributed by atoms with Crippen LogP contribution in [0.15, 0.2) is 0 Å². The van der Waals surface area contributed by atoms with Gasteiger partial charge in [-0.3, -0.25) is 0 Å². The van der Waals surface area contributed by atoms with Gasteiger partial charge in [-0.2, -0.15) is 0 Å². The van der Waals surface area contributed by atoms with Crippen LogP contribution < -0.4 is 5.32 Å². The Kier molecular flexibility index (Phi) is 6.78. The molecule has 0 saturated carbocycles. The molecule has 2 amide bonds. The molecule has 1 fully saturated rings. The third-order valence-electron chi connectivity index (χ3n) is 3.60. The highest BCUT2D eigenvalue weighted by molar-refractivity contribution is 5.82. The number of likely N-dealkylation sites (tertiary alicyclic amines) is 1. The van der Waals surface area contributed by atoms with Crippen LogP contribution in [-0.4, -0.2) is 66.2 Å². The maximum atomic E-state index is 12.0. The number of carboxylic acids is 1. The number of rotatable bonds is 7. The highest BCUT2D eigenvalue weighted by Crippen LogP contribution is 2.07. The summed E-state index contributed by atoms with van der Waals surface area (Å²) < 4.78 is 0. The van der Waals surface area contributed by atoms with Crippen LogP contribution in [0.2, 0.25) is 0 Å². The maximum Gasteiger partial charge on any atom is 0.326 e. The molecule has 0 radical (unpaired) electrons. The number of carbonyl (C=O) groups excluding carboxylic acids is 1. The van der Waals surface area contributed by atoms with Gasteiger partial charge in [-0.15, -0.1) is 0 Å². The van der Waals surface area contributed by atoms with Crippen molar-refractivity contribution in [2.75, 3.05) is 33.2 Å². The van der Waals surface area contributed by atoms with Crippen LogP contribution >= 0.6 is 0 Å². The normalized spacial score (nSPS) is 17.2. The number of likely N-dealkylation sites (N-methyl/N-ethyl adjacent to an activating group) is 1. The fourth-order valence-electron chi connectivity index (χ4n) is 2.35. The average Bonchev–Trinajstić information content (AvgIpc) is 2.87. The molecule has 6 heteroatoms. The van der Waals surface area contributed by atoms with Crippen LogP contribution in [0.1, 0.15) is 33.1 Å². The van der Waals surface area contributed by atoms with Crippen molar-refractivity contribution in [3.8, 4) is 0 Å². The molecule has 1 saturated heterocycles. The number of hydrogen-bond acceptors (Lipinski definition) is 3. The van der Waals surface area contributed by atoms with E-state index < -0.39 is 12.0 Å². The molecule has 1 heterocycles. The molecule has 6 nitrogen and oxygen atoms in total. The van der Waals surface area contributed by atoms with E-state index in [1.54, 1.807) is 11.9 Å². The Morgan fingerprint density at radius 3 is 2.40 bits per heavy atom. The van der Waals surface area contributed by atoms with Gasteiger partial charge in [0.05, 0.1) is 0 Å². The number of amides is 2. The van der Waals surface area contributed by atoms with Gasteiger partial charge in [-0.25, -0.2) is 9.59 Å². The summed E-state index contributed by atoms with van der Waals surface area (Å²) in [5.74, 6) is -0.744. The van der Waals surface area contributed by atoms with E-state index in [0.29, 0.717) is 13.0 Å². The van der Waals surface area contributed by atoms with Gasteiger partial charge in [0, 0.05) is 20.1 Å². The first-order chi connectivity index (χ1) is 9.40. The van der Waals surface area contributed by atoms with Gasteiger partial charge < -0.3 is 20.2 Å². The van der Waals surface area contributed by atoms with Crippen molar-refractivity contribution < 1.29 is 14.7 Å². The predicted molar refractivity (Wildman–Crippen MR) is 77.7 cm³/mol. The number of hydrogen-bond donors (Lipinski definition) is 2. The molecule has 20 heavy (non-hydrogen) atoms. The fourth-order valence-corrected chi connectivity index (χ4v) is 2.35. The number of nitrogens with zero attached hydrogens (tertiary/aromatic N) is 2. The van der Waals surface area contributed by atoms with Crippen molar-refractivity contribution in [1.29, 1.82) is 0 Å². The zero-order chi connectivity index (χ0) is 15.1. The van der Waals surface area contributed by atoms with Crippen molar-refractivity contribution in [2.45, 2.75) is 39.2 Å². The van der Waals surface area contributed by atoms with Gasteiger partial charge in [0.15, 0.2) is 0 Å². The first kappa shape index (κ1) is 16.8. The van der Waals surface area contributed by atoms with Crippen molar-refractivity contribution >= 4 is 12.0 Å². The number of urea groups is 1. The van der Waals surface area contributed by atoms with Gasteiger partial charge >= 0.3 is 12.0 Å². The van der Waals surface area contributed by atoms with Crippen molar-refractivity contribution in [3.05, 3.63) is 0 Å². The topological polar surface area (TPSA) is 72.9 Å². The SMILES string of the molecule is CC(C)C[C@@H](NC(=O)N(C)CCN1CCCC1)C(=O)O. The van der Waals surface area contributed by atoms with E-state index in [0.717, 1.165) is 19.6 Å². The number of nitrogens with one attached hydrogen (secondary N) is 1. The van der Waals surface area contributed by atoms with E-state index >= 15 is 0 Å². The molecule has 1 rings (SSSR count). The zero-order valence-electron chi connectivity index (χ0n) is 12.8. The second-order valence-electron chi connectivity index (χ2n) is 5.94. The molecule has 0 unspecified atom stereocenters. The molecule has 2 N–H and O–H groups in total. The van der Waals surface area contributed by atoms with E-state index in [4.69, 9.17) is 5.11 Å². The molecule has 1 aliphatic heterocycles. The van der Waals surface area contributed by atoms with Crippen LogP contribution in [0.4, 0.5) is 4.79 Å². The predicted octanol–water partition coefficient (Wildman–Crippen LogP) is 1.22. The summed E-state index contributed by atoms with van der Waals surface area (Å²) in [5.41, 5.74) is 0. The van der Waals surface area contributed by atoms with Crippen molar-refractivity contribution in [1.82, 2.24) is 15.1 Å². The van der Waals surface area contributed by atoms with Gasteiger partial charge in [0.1, 0.15) is 6.04 Å². The standard InChI is InChI=1S/C14H27N3O3/c1-11(2)10-12(13(18)19)15-14(20)16(3)8-9-17-6-4-5-7-17/h11-12H,4-10H2,1-3H3,(H,15,20)(H,18,19)/t12-/m1/s1. The van der Waals surface area contributed by atoms with E-state index in [9.17, 15) is 9.59 Å². The first-order valence-corrected chi connectivity index (χ1v) is 7.37. The summed E-state index contributed by atoms with van der Waals surface area (Å²) >= 11 is 0. The minimum atomic E-state index is -0.972. The Bertz CT molecular complexity index is 328. The Morgan fingerprint density at radius 1 is 1.30 bits per heavy atom. The van der Waals surface area contributed by atoms with Crippen molar-refractivity contribution in [3.63, 3.8) is 0 Å². The number of aliphatic carboxylic acids is 1. The third kappa shape index (κ3) is 5.77. The maximum absolute atomic E-state index is 12.0. The molecule has 0 aromatic carbocycles. The van der Waals surface area contributed by atoms with Crippen LogP contribution in [-0.2, 0) is 4.79 Å². The van der Waals surface area contributed by atoms with Crippen molar-refractivity contribution in [2.24, 2.45) is 5.92 Å². The third-order valence-corrected chi connectivity index (χ3v) is 3.60. The molecule has 0 aromatic heterocycles. The highest BCUT2D eigenvalue weighted by atomic mass is 16.4. The fraction of sp³-hybridized carbons (Fsp3) is 0.857. The largest absolute Gasteiger partial charge is 0.480 e. The zero-order valence-corrected chi connectivity index (χ0v) is 12.8. The summed E-state index contributed by atoms with van der Waals surface area (Å²) in [4.78, 5) is 27.0. The second-order valence-corrected chi connectivity index (χ2v) is 5.94. The summed E-state index contributed by atoms with van der Waals surface area (Å²) in [6.45, 7) is 7.56. The van der Waals surface area contributed by atoms with E-state index in [1.165, 1.54) is 12.8 Å². The Morgan fingerprint density at radius 2 is 1.90 bits per heavy atom. The Labute approximate surface area is 121 Å². The van der Waals surface area contributed by atoms with Gasteiger partial charge in [0.25, 0.3) is 0 Å². The summed E-state index contributed by atoms with van der Waals surface area (Å²) in [6, 6.07) is -1.12. The lowest BCUT2D eigenvalue weighted by Crippen LogP contribution is -2.48. The monoisotopic (exact) mass is 285 g/mol. The Balaban J connectivity index is 2.36. The van der Waals surface area contributed by atoms with Gasteiger partial charge in [-0.05, 0) is 38.3 Å². The lowest BCUT2D eigenvalue weighted by atomic mass is 10.0. The van der Waals surface area contributed by atoms with Crippen LogP contribution in [0.25, 0.3) is 0 Å². The van der Waals surface area contributed by atoms with Crippen LogP contribution in [0.3, 0.4) is 0 Å². The molecule has 0 aromatic rings. The smallest absolute Gasteiger partial charge is 0.326 e. The molecule has 1 aliphatic rings. The second kappa shape index (κ2) is 8.09. The van der Waals surface area contributed by atoms with Gasteiger partial charge in [0.2, 0.25) is 0 Å². The minimum Gasteiger partial charge on any atom is -0.480 e. The lowest BCUT2D eigenvalue weighted by Gasteiger charge is -2.24. The van der Waals surface area contributed by atoms with Crippen LogP contribution in [0, 0.1) is 5.92 Å².